The molecular weight excluding hydrogens is 475 g/mol. The molecule has 0 aliphatic carbocycles. The van der Waals surface area contributed by atoms with Gasteiger partial charge in [-0.3, -0.25) is 14.5 Å². The number of pyridine rings is 1. The highest BCUT2D eigenvalue weighted by atomic mass is 19.1. The van der Waals surface area contributed by atoms with Crippen LogP contribution in [0.15, 0.2) is 67.5 Å². The van der Waals surface area contributed by atoms with E-state index >= 15 is 0 Å². The number of likely N-dealkylation sites (tertiary alicyclic amines) is 1. The first-order valence-corrected chi connectivity index (χ1v) is 12.0. The second-order valence-electron chi connectivity index (χ2n) is 8.70. The number of amides is 1. The van der Waals surface area contributed by atoms with Gasteiger partial charge >= 0.3 is 0 Å². The molecule has 2 aromatic heterocycles. The van der Waals surface area contributed by atoms with Gasteiger partial charge in [0.1, 0.15) is 17.0 Å². The molecule has 8 nitrogen and oxygen atoms in total. The van der Waals surface area contributed by atoms with Crippen molar-refractivity contribution >= 4 is 16.8 Å². The first-order valence-electron chi connectivity index (χ1n) is 12.0. The fourth-order valence-electron chi connectivity index (χ4n) is 4.76. The SMILES string of the molecule is C=CC(=O)N1CCCC1Cn1nc(-c2ccc(Oc3cccc(OC)c3F)cc2)c2cncc(OC)c21. The molecule has 0 spiro atoms. The topological polar surface area (TPSA) is 78.7 Å². The van der Waals surface area contributed by atoms with Gasteiger partial charge in [0, 0.05) is 18.3 Å². The summed E-state index contributed by atoms with van der Waals surface area (Å²) in [4.78, 5) is 18.5. The average Bonchev–Trinajstić information content (AvgIpc) is 3.55. The van der Waals surface area contributed by atoms with Crippen molar-refractivity contribution < 1.29 is 23.4 Å². The van der Waals surface area contributed by atoms with Gasteiger partial charge < -0.3 is 19.1 Å². The Morgan fingerprint density at radius 3 is 2.59 bits per heavy atom. The summed E-state index contributed by atoms with van der Waals surface area (Å²) >= 11 is 0. The van der Waals surface area contributed by atoms with Crippen LogP contribution in [0, 0.1) is 5.82 Å². The van der Waals surface area contributed by atoms with Crippen molar-refractivity contribution in [1.29, 1.82) is 0 Å². The molecule has 1 unspecified atom stereocenters. The minimum absolute atomic E-state index is 0.00728. The van der Waals surface area contributed by atoms with E-state index in [1.54, 1.807) is 43.8 Å². The minimum Gasteiger partial charge on any atom is -0.494 e. The Kier molecular flexibility index (Phi) is 6.76. The van der Waals surface area contributed by atoms with E-state index in [4.69, 9.17) is 19.3 Å². The molecular formula is C28H27FN4O4. The van der Waals surface area contributed by atoms with Gasteiger partial charge in [0.15, 0.2) is 17.2 Å². The van der Waals surface area contributed by atoms with E-state index in [1.807, 2.05) is 21.7 Å². The lowest BCUT2D eigenvalue weighted by atomic mass is 10.1. The zero-order valence-corrected chi connectivity index (χ0v) is 20.7. The van der Waals surface area contributed by atoms with Gasteiger partial charge in [-0.1, -0.05) is 12.6 Å². The van der Waals surface area contributed by atoms with Gasteiger partial charge in [-0.2, -0.15) is 9.49 Å². The first kappa shape index (κ1) is 24.3. The molecule has 5 rings (SSSR count). The maximum Gasteiger partial charge on any atom is 0.246 e. The summed E-state index contributed by atoms with van der Waals surface area (Å²) in [5.74, 6) is 0.627. The molecule has 9 heteroatoms. The second-order valence-corrected chi connectivity index (χ2v) is 8.70. The van der Waals surface area contributed by atoms with Gasteiger partial charge in [0.05, 0.1) is 38.4 Å². The predicted molar refractivity (Wildman–Crippen MR) is 137 cm³/mol. The number of aromatic nitrogens is 3. The van der Waals surface area contributed by atoms with E-state index in [2.05, 4.69) is 11.6 Å². The molecule has 1 saturated heterocycles. The summed E-state index contributed by atoms with van der Waals surface area (Å²) in [5.41, 5.74) is 2.37. The lowest BCUT2D eigenvalue weighted by Gasteiger charge is -2.23. The molecule has 190 valence electrons. The molecule has 37 heavy (non-hydrogen) atoms. The lowest BCUT2D eigenvalue weighted by molar-refractivity contribution is -0.127. The number of rotatable bonds is 8. The molecule has 2 aromatic carbocycles. The maximum absolute atomic E-state index is 14.5. The van der Waals surface area contributed by atoms with E-state index in [0.717, 1.165) is 35.0 Å². The van der Waals surface area contributed by atoms with Crippen LogP contribution in [0.1, 0.15) is 12.8 Å². The molecule has 0 radical (unpaired) electrons. The first-order chi connectivity index (χ1) is 18.0. The Bertz CT molecular complexity index is 1450. The third kappa shape index (κ3) is 4.60. The summed E-state index contributed by atoms with van der Waals surface area (Å²) < 4.78 is 32.8. The van der Waals surface area contributed by atoms with Gasteiger partial charge in [-0.25, -0.2) is 0 Å². The highest BCUT2D eigenvalue weighted by Crippen LogP contribution is 2.35. The number of carbonyl (C=O) groups is 1. The molecule has 1 fully saturated rings. The zero-order chi connectivity index (χ0) is 25.9. The monoisotopic (exact) mass is 502 g/mol. The number of carbonyl (C=O) groups excluding carboxylic acids is 1. The van der Waals surface area contributed by atoms with E-state index < -0.39 is 5.82 Å². The number of ether oxygens (including phenoxy) is 3. The highest BCUT2D eigenvalue weighted by Gasteiger charge is 2.29. The Morgan fingerprint density at radius 2 is 1.86 bits per heavy atom. The quantitative estimate of drug-likeness (QED) is 0.307. The smallest absolute Gasteiger partial charge is 0.246 e. The predicted octanol–water partition coefficient (Wildman–Crippen LogP) is 5.22. The van der Waals surface area contributed by atoms with Crippen molar-refractivity contribution in [1.82, 2.24) is 19.7 Å². The van der Waals surface area contributed by atoms with E-state index in [0.29, 0.717) is 24.6 Å². The van der Waals surface area contributed by atoms with E-state index in [1.165, 1.54) is 19.3 Å². The highest BCUT2D eigenvalue weighted by molar-refractivity contribution is 5.96. The summed E-state index contributed by atoms with van der Waals surface area (Å²) in [6, 6.07) is 12.0. The van der Waals surface area contributed by atoms with Crippen molar-refractivity contribution in [3.05, 3.63) is 73.3 Å². The molecule has 4 aromatic rings. The van der Waals surface area contributed by atoms with Crippen LogP contribution in [0.5, 0.6) is 23.0 Å². The van der Waals surface area contributed by atoms with Gasteiger partial charge in [-0.15, -0.1) is 0 Å². The lowest BCUT2D eigenvalue weighted by Crippen LogP contribution is -2.37. The number of nitrogens with zero attached hydrogens (tertiary/aromatic N) is 4. The second kappa shape index (κ2) is 10.3. The van der Waals surface area contributed by atoms with Crippen molar-refractivity contribution in [3.8, 4) is 34.3 Å². The molecule has 0 saturated carbocycles. The maximum atomic E-state index is 14.5. The van der Waals surface area contributed by atoms with Gasteiger partial charge in [0.2, 0.25) is 11.7 Å². The summed E-state index contributed by atoms with van der Waals surface area (Å²) in [5, 5.41) is 5.74. The summed E-state index contributed by atoms with van der Waals surface area (Å²) in [6.45, 7) is 4.86. The van der Waals surface area contributed by atoms with E-state index in [9.17, 15) is 9.18 Å². The largest absolute Gasteiger partial charge is 0.494 e. The van der Waals surface area contributed by atoms with Crippen LogP contribution in [-0.4, -0.2) is 52.4 Å². The minimum atomic E-state index is -0.562. The van der Waals surface area contributed by atoms with Crippen molar-refractivity contribution in [2.45, 2.75) is 25.4 Å². The summed E-state index contributed by atoms with van der Waals surface area (Å²) in [7, 11) is 3.01. The molecule has 0 N–H and O–H groups in total. The van der Waals surface area contributed by atoms with Crippen LogP contribution in [0.3, 0.4) is 0 Å². The third-order valence-electron chi connectivity index (χ3n) is 6.56. The number of hydrogen-bond donors (Lipinski definition) is 0. The van der Waals surface area contributed by atoms with Crippen LogP contribution in [0.2, 0.25) is 0 Å². The molecule has 1 aliphatic rings. The molecule has 3 heterocycles. The molecule has 0 bridgehead atoms. The van der Waals surface area contributed by atoms with Crippen LogP contribution in [-0.2, 0) is 11.3 Å². The fraction of sp³-hybridized carbons (Fsp3) is 0.250. The fourth-order valence-corrected chi connectivity index (χ4v) is 4.76. The van der Waals surface area contributed by atoms with Crippen molar-refractivity contribution in [3.63, 3.8) is 0 Å². The van der Waals surface area contributed by atoms with Crippen LogP contribution in [0.25, 0.3) is 22.2 Å². The number of benzene rings is 2. The van der Waals surface area contributed by atoms with Crippen molar-refractivity contribution in [2.75, 3.05) is 20.8 Å². The normalized spacial score (nSPS) is 15.1. The van der Waals surface area contributed by atoms with Crippen LogP contribution < -0.4 is 14.2 Å². The number of halogens is 1. The number of methoxy groups -OCH3 is 2. The van der Waals surface area contributed by atoms with E-state index in [-0.39, 0.29) is 23.4 Å². The van der Waals surface area contributed by atoms with Crippen LogP contribution in [0.4, 0.5) is 4.39 Å². The average molecular weight is 503 g/mol. The standard InChI is InChI=1S/C28H27FN4O4/c1-4-25(34)32-14-6-7-19(32)17-33-28-21(15-30-16-24(28)36-3)27(31-33)18-10-12-20(13-11-18)37-23-9-5-8-22(35-2)26(23)29/h4-5,8-13,15-16,19H,1,6-7,14,17H2,2-3H3. The Hall–Kier alpha value is -4.40. The van der Waals surface area contributed by atoms with Gasteiger partial charge in [0.25, 0.3) is 0 Å². The molecule has 1 aliphatic heterocycles. The Balaban J connectivity index is 1.48. The molecule has 1 atom stereocenters. The Labute approximate surface area is 213 Å². The van der Waals surface area contributed by atoms with Gasteiger partial charge in [-0.05, 0) is 55.3 Å². The summed E-state index contributed by atoms with van der Waals surface area (Å²) in [6.07, 6.45) is 6.59. The Morgan fingerprint density at radius 1 is 1.11 bits per heavy atom. The number of fused-ring (bicyclic) bond motifs is 1. The third-order valence-corrected chi connectivity index (χ3v) is 6.56. The van der Waals surface area contributed by atoms with Crippen molar-refractivity contribution in [2.24, 2.45) is 0 Å². The van der Waals surface area contributed by atoms with Crippen LogP contribution >= 0.6 is 0 Å². The number of hydrogen-bond acceptors (Lipinski definition) is 6. The molecule has 1 amide bonds. The zero-order valence-electron chi connectivity index (χ0n) is 20.7.